The Bertz CT molecular complexity index is 812. The molecule has 0 aromatic heterocycles. The van der Waals surface area contributed by atoms with Gasteiger partial charge in [0.1, 0.15) is 17.6 Å². The van der Waals surface area contributed by atoms with Gasteiger partial charge in [-0.05, 0) is 30.3 Å². The van der Waals surface area contributed by atoms with Crippen LogP contribution in [-0.2, 0) is 5.60 Å². The van der Waals surface area contributed by atoms with Gasteiger partial charge in [0, 0.05) is 24.1 Å². The SMILES string of the molecule is CN1CC(C)(C(O)(c2ccc(C=O)cc2)c2ccc(OC(F)(F)F)cc2)C1. The second-order valence-electron chi connectivity index (χ2n) is 7.26. The second-order valence-corrected chi connectivity index (χ2v) is 7.26. The van der Waals surface area contributed by atoms with Crippen LogP contribution in [0.2, 0.25) is 0 Å². The van der Waals surface area contributed by atoms with E-state index >= 15 is 0 Å². The molecule has 0 saturated carbocycles. The summed E-state index contributed by atoms with van der Waals surface area (Å²) in [5.74, 6) is -0.346. The van der Waals surface area contributed by atoms with Crippen LogP contribution in [0.25, 0.3) is 0 Å². The highest BCUT2D eigenvalue weighted by Crippen LogP contribution is 2.50. The molecule has 7 heteroatoms. The van der Waals surface area contributed by atoms with Crippen molar-refractivity contribution < 1.29 is 27.8 Å². The van der Waals surface area contributed by atoms with Crippen molar-refractivity contribution in [1.29, 1.82) is 0 Å². The third-order valence-electron chi connectivity index (χ3n) is 5.08. The number of halogens is 3. The molecule has 0 radical (unpaired) electrons. The van der Waals surface area contributed by atoms with Crippen molar-refractivity contribution >= 4 is 6.29 Å². The van der Waals surface area contributed by atoms with Crippen LogP contribution in [0.1, 0.15) is 28.4 Å². The van der Waals surface area contributed by atoms with E-state index in [0.29, 0.717) is 36.1 Å². The Morgan fingerprint density at radius 2 is 1.52 bits per heavy atom. The van der Waals surface area contributed by atoms with Crippen molar-refractivity contribution in [1.82, 2.24) is 4.90 Å². The summed E-state index contributed by atoms with van der Waals surface area (Å²) in [4.78, 5) is 13.0. The molecule has 0 aliphatic carbocycles. The van der Waals surface area contributed by atoms with Crippen LogP contribution in [0.4, 0.5) is 13.2 Å². The first kappa shape index (κ1) is 19.4. The van der Waals surface area contributed by atoms with Crippen LogP contribution in [-0.4, -0.2) is 42.8 Å². The summed E-state index contributed by atoms with van der Waals surface area (Å²) in [6.45, 7) is 3.15. The topological polar surface area (TPSA) is 49.8 Å². The lowest BCUT2D eigenvalue weighted by atomic mass is 9.62. The van der Waals surface area contributed by atoms with E-state index in [-0.39, 0.29) is 5.75 Å². The Labute approximate surface area is 155 Å². The number of aldehydes is 1. The van der Waals surface area contributed by atoms with Gasteiger partial charge in [-0.25, -0.2) is 0 Å². The number of carbonyl (C=O) groups is 1. The Balaban J connectivity index is 2.03. The summed E-state index contributed by atoms with van der Waals surface area (Å²) >= 11 is 0. The van der Waals surface area contributed by atoms with Gasteiger partial charge in [-0.2, -0.15) is 0 Å². The van der Waals surface area contributed by atoms with Gasteiger partial charge in [-0.3, -0.25) is 4.79 Å². The van der Waals surface area contributed by atoms with E-state index in [1.54, 1.807) is 24.3 Å². The van der Waals surface area contributed by atoms with Gasteiger partial charge in [0.25, 0.3) is 0 Å². The quantitative estimate of drug-likeness (QED) is 0.807. The number of nitrogens with zero attached hydrogens (tertiary/aromatic N) is 1. The molecule has 1 atom stereocenters. The average Bonchev–Trinajstić information content (AvgIpc) is 2.59. The number of benzene rings is 2. The maximum Gasteiger partial charge on any atom is 0.573 e. The van der Waals surface area contributed by atoms with Crippen molar-refractivity contribution in [3.05, 3.63) is 65.2 Å². The fourth-order valence-electron chi connectivity index (χ4n) is 3.94. The molecular weight excluding hydrogens is 359 g/mol. The lowest BCUT2D eigenvalue weighted by molar-refractivity contribution is -0.274. The highest BCUT2D eigenvalue weighted by molar-refractivity contribution is 5.74. The number of ether oxygens (including phenoxy) is 1. The molecule has 3 rings (SSSR count). The molecular formula is C20H20F3NO3. The van der Waals surface area contributed by atoms with E-state index in [1.165, 1.54) is 24.3 Å². The fraction of sp³-hybridized carbons (Fsp3) is 0.350. The molecule has 1 saturated heterocycles. The summed E-state index contributed by atoms with van der Waals surface area (Å²) in [6, 6.07) is 11.8. The molecule has 1 N–H and O–H groups in total. The zero-order chi connectivity index (χ0) is 19.9. The van der Waals surface area contributed by atoms with Crippen LogP contribution >= 0.6 is 0 Å². The summed E-state index contributed by atoms with van der Waals surface area (Å²) in [5, 5.41) is 11.8. The van der Waals surface area contributed by atoms with E-state index in [4.69, 9.17) is 0 Å². The van der Waals surface area contributed by atoms with E-state index < -0.39 is 17.4 Å². The zero-order valence-corrected chi connectivity index (χ0v) is 15.0. The molecule has 0 amide bonds. The molecule has 1 aliphatic rings. The number of alkyl halides is 3. The van der Waals surface area contributed by atoms with Crippen molar-refractivity contribution in [2.24, 2.45) is 5.41 Å². The standard InChI is InChI=1S/C20H20F3NO3/c1-18(12-24(2)13-18)19(26,15-5-3-14(11-25)4-6-15)16-7-9-17(10-8-16)27-20(21,22)23/h3-11,26H,12-13H2,1-2H3. The van der Waals surface area contributed by atoms with Crippen LogP contribution in [0.5, 0.6) is 5.75 Å². The number of rotatable bonds is 5. The lowest BCUT2D eigenvalue weighted by Gasteiger charge is -2.56. The van der Waals surface area contributed by atoms with Crippen LogP contribution < -0.4 is 4.74 Å². The smallest absolute Gasteiger partial charge is 0.406 e. The molecule has 2 aromatic carbocycles. The average molecular weight is 379 g/mol. The molecule has 2 aromatic rings. The van der Waals surface area contributed by atoms with Crippen molar-refractivity contribution in [2.75, 3.05) is 20.1 Å². The normalized spacial score (nSPS) is 19.0. The third kappa shape index (κ3) is 3.57. The van der Waals surface area contributed by atoms with Gasteiger partial charge in [0.05, 0.1) is 0 Å². The van der Waals surface area contributed by atoms with E-state index in [0.717, 1.165) is 0 Å². The first-order valence-corrected chi connectivity index (χ1v) is 8.40. The third-order valence-corrected chi connectivity index (χ3v) is 5.08. The van der Waals surface area contributed by atoms with Crippen LogP contribution in [0.3, 0.4) is 0 Å². The van der Waals surface area contributed by atoms with Gasteiger partial charge in [0.15, 0.2) is 0 Å². The number of hydrogen-bond acceptors (Lipinski definition) is 4. The first-order valence-electron chi connectivity index (χ1n) is 8.40. The summed E-state index contributed by atoms with van der Waals surface area (Å²) < 4.78 is 41.1. The van der Waals surface area contributed by atoms with Gasteiger partial charge in [-0.15, -0.1) is 13.2 Å². The van der Waals surface area contributed by atoms with E-state index in [2.05, 4.69) is 4.74 Å². The zero-order valence-electron chi connectivity index (χ0n) is 15.0. The lowest BCUT2D eigenvalue weighted by Crippen LogP contribution is -2.63. The fourth-order valence-corrected chi connectivity index (χ4v) is 3.94. The Kier molecular flexibility index (Phi) is 4.78. The molecule has 4 nitrogen and oxygen atoms in total. The minimum absolute atomic E-state index is 0.346. The monoisotopic (exact) mass is 379 g/mol. The maximum atomic E-state index is 12.4. The van der Waals surface area contributed by atoms with Crippen LogP contribution in [0.15, 0.2) is 48.5 Å². The predicted molar refractivity (Wildman–Crippen MR) is 93.6 cm³/mol. The number of carbonyl (C=O) groups excluding carboxylic acids is 1. The first-order chi connectivity index (χ1) is 12.6. The minimum atomic E-state index is -4.77. The van der Waals surface area contributed by atoms with Gasteiger partial charge < -0.3 is 14.7 Å². The maximum absolute atomic E-state index is 12.4. The Morgan fingerprint density at radius 1 is 1.04 bits per heavy atom. The van der Waals surface area contributed by atoms with Crippen LogP contribution in [0, 0.1) is 5.41 Å². The largest absolute Gasteiger partial charge is 0.573 e. The molecule has 0 spiro atoms. The molecule has 1 aliphatic heterocycles. The summed E-state index contributed by atoms with van der Waals surface area (Å²) in [7, 11) is 1.93. The highest BCUT2D eigenvalue weighted by Gasteiger charge is 2.55. The predicted octanol–water partition coefficient (Wildman–Crippen LogP) is 3.59. The minimum Gasteiger partial charge on any atom is -0.406 e. The Hall–Kier alpha value is -2.38. The Morgan fingerprint density at radius 3 is 1.93 bits per heavy atom. The highest BCUT2D eigenvalue weighted by atomic mass is 19.4. The van der Waals surface area contributed by atoms with E-state index in [1.807, 2.05) is 18.9 Å². The van der Waals surface area contributed by atoms with Crippen molar-refractivity contribution in [3.63, 3.8) is 0 Å². The molecule has 1 unspecified atom stereocenters. The molecule has 1 heterocycles. The number of likely N-dealkylation sites (tertiary alicyclic amines) is 1. The molecule has 0 bridgehead atoms. The summed E-state index contributed by atoms with van der Waals surface area (Å²) in [6.07, 6.45) is -4.06. The molecule has 1 fully saturated rings. The van der Waals surface area contributed by atoms with E-state index in [9.17, 15) is 23.1 Å². The summed E-state index contributed by atoms with van der Waals surface area (Å²) in [5.41, 5.74) is -0.459. The van der Waals surface area contributed by atoms with Gasteiger partial charge >= 0.3 is 6.36 Å². The van der Waals surface area contributed by atoms with Crippen molar-refractivity contribution in [3.8, 4) is 5.75 Å². The van der Waals surface area contributed by atoms with Gasteiger partial charge in [-0.1, -0.05) is 43.3 Å². The van der Waals surface area contributed by atoms with Crippen molar-refractivity contribution in [2.45, 2.75) is 18.9 Å². The number of hydrogen-bond donors (Lipinski definition) is 1. The molecule has 144 valence electrons. The second kappa shape index (κ2) is 6.65. The number of aliphatic hydroxyl groups is 1. The molecule has 27 heavy (non-hydrogen) atoms. The van der Waals surface area contributed by atoms with Gasteiger partial charge in [0.2, 0.25) is 0 Å².